The molecule has 0 aliphatic rings. The van der Waals surface area contributed by atoms with E-state index >= 15 is 0 Å². The van der Waals surface area contributed by atoms with Crippen molar-refractivity contribution in [3.63, 3.8) is 0 Å². The fourth-order valence-electron chi connectivity index (χ4n) is 3.44. The Bertz CT molecular complexity index is 864. The first-order valence-corrected chi connectivity index (χ1v) is 12.2. The molecule has 1 aromatic rings. The molecule has 0 aliphatic heterocycles. The van der Waals surface area contributed by atoms with Crippen LogP contribution in [-0.2, 0) is 34.9 Å². The highest BCUT2D eigenvalue weighted by molar-refractivity contribution is 6.37. The number of benzene rings is 1. The molecule has 0 saturated carbocycles. The van der Waals surface area contributed by atoms with E-state index in [0.717, 1.165) is 5.56 Å². The Kier molecular flexibility index (Phi) is 15.6. The van der Waals surface area contributed by atoms with E-state index in [-0.39, 0.29) is 39.3 Å². The number of hydrogen-bond acceptors (Lipinski definition) is 8. The van der Waals surface area contributed by atoms with Crippen molar-refractivity contribution in [1.82, 2.24) is 10.6 Å². The van der Waals surface area contributed by atoms with E-state index in [1.807, 2.05) is 38.1 Å². The van der Waals surface area contributed by atoms with Gasteiger partial charge in [0.25, 0.3) is 7.48 Å². The van der Waals surface area contributed by atoms with Crippen molar-refractivity contribution in [2.75, 3.05) is 33.7 Å². The standard InChI is InChI=1S/C26H40BN3O7/c1-6-12-35-16-23(26(33)34-5)30-25(32)22(14-18(3)4)29-24(31)21(27-37-17-28)15-19-8-10-20(11-9-19)36-13-7-2/h6-11,18,21-23,27H,1-2,12-17,28H2,3-5H3,(H,29,31)(H,30,32)/t21-,22-,23-/m0/s1. The van der Waals surface area contributed by atoms with E-state index in [1.165, 1.54) is 13.2 Å². The van der Waals surface area contributed by atoms with Gasteiger partial charge in [0, 0.05) is 5.82 Å². The second-order valence-electron chi connectivity index (χ2n) is 8.78. The van der Waals surface area contributed by atoms with E-state index < -0.39 is 29.8 Å². The number of nitrogens with one attached hydrogen (secondary N) is 2. The third-order valence-corrected chi connectivity index (χ3v) is 5.24. The van der Waals surface area contributed by atoms with Crippen molar-refractivity contribution < 1.29 is 33.2 Å². The number of nitrogens with two attached hydrogens (primary N) is 1. The van der Waals surface area contributed by atoms with Crippen LogP contribution in [0.4, 0.5) is 0 Å². The van der Waals surface area contributed by atoms with Crippen LogP contribution in [0.1, 0.15) is 25.8 Å². The van der Waals surface area contributed by atoms with Gasteiger partial charge in [0.15, 0.2) is 6.04 Å². The average molecular weight is 517 g/mol. The van der Waals surface area contributed by atoms with Crippen LogP contribution in [0.3, 0.4) is 0 Å². The maximum atomic E-state index is 13.3. The molecule has 0 heterocycles. The monoisotopic (exact) mass is 517 g/mol. The molecule has 0 saturated heterocycles. The topological polar surface area (TPSA) is 138 Å². The van der Waals surface area contributed by atoms with Crippen molar-refractivity contribution in [2.45, 2.75) is 44.6 Å². The minimum atomic E-state index is -1.03. The molecule has 37 heavy (non-hydrogen) atoms. The Balaban J connectivity index is 2.97. The van der Waals surface area contributed by atoms with E-state index in [2.05, 4.69) is 23.8 Å². The summed E-state index contributed by atoms with van der Waals surface area (Å²) in [6.45, 7) is 11.5. The van der Waals surface area contributed by atoms with E-state index in [9.17, 15) is 14.4 Å². The zero-order chi connectivity index (χ0) is 27.6. The molecule has 1 rings (SSSR count). The molecule has 0 fully saturated rings. The van der Waals surface area contributed by atoms with Gasteiger partial charge in [-0.25, -0.2) is 4.79 Å². The lowest BCUT2D eigenvalue weighted by molar-refractivity contribution is -0.147. The number of carbonyl (C=O) groups excluding carboxylic acids is 3. The molecule has 0 aliphatic carbocycles. The minimum absolute atomic E-state index is 0.0421. The molecule has 0 spiro atoms. The van der Waals surface area contributed by atoms with Crippen molar-refractivity contribution in [1.29, 1.82) is 0 Å². The number of esters is 1. The smallest absolute Gasteiger partial charge is 0.330 e. The summed E-state index contributed by atoms with van der Waals surface area (Å²) in [5, 5.41) is 5.46. The molecule has 0 radical (unpaired) electrons. The Morgan fingerprint density at radius 2 is 1.68 bits per heavy atom. The van der Waals surface area contributed by atoms with E-state index in [0.29, 0.717) is 25.2 Å². The van der Waals surface area contributed by atoms with Gasteiger partial charge >= 0.3 is 5.97 Å². The molecule has 2 amide bonds. The Hall–Kier alpha value is -3.15. The second kappa shape index (κ2) is 18.2. The van der Waals surface area contributed by atoms with Crippen LogP contribution in [0.5, 0.6) is 5.75 Å². The van der Waals surface area contributed by atoms with Gasteiger partial charge in [0.05, 0.1) is 27.1 Å². The highest BCUT2D eigenvalue weighted by Crippen LogP contribution is 2.19. The summed E-state index contributed by atoms with van der Waals surface area (Å²) in [4.78, 5) is 38.5. The van der Waals surface area contributed by atoms with Crippen LogP contribution in [0.25, 0.3) is 0 Å². The fourth-order valence-corrected chi connectivity index (χ4v) is 3.44. The van der Waals surface area contributed by atoms with Crippen molar-refractivity contribution >= 4 is 25.3 Å². The SMILES string of the molecule is C=CCOC[C@H](NC(=O)[C@H](CC(C)C)NC(=O)[C@@H](BOCN)Cc1ccc(OCC=C)cc1)C(=O)OC. The molecule has 10 nitrogen and oxygen atoms in total. The molecule has 0 bridgehead atoms. The van der Waals surface area contributed by atoms with Gasteiger partial charge in [-0.15, -0.1) is 6.58 Å². The van der Waals surface area contributed by atoms with Crippen LogP contribution in [-0.4, -0.2) is 71.0 Å². The lowest BCUT2D eigenvalue weighted by Crippen LogP contribution is -2.54. The third-order valence-electron chi connectivity index (χ3n) is 5.24. The van der Waals surface area contributed by atoms with Gasteiger partial charge in [0.2, 0.25) is 11.8 Å². The number of methoxy groups -OCH3 is 1. The largest absolute Gasteiger partial charge is 0.490 e. The van der Waals surface area contributed by atoms with Crippen LogP contribution in [0, 0.1) is 5.92 Å². The first-order valence-electron chi connectivity index (χ1n) is 12.2. The van der Waals surface area contributed by atoms with Gasteiger partial charge in [0.1, 0.15) is 18.4 Å². The lowest BCUT2D eigenvalue weighted by atomic mass is 9.75. The first kappa shape index (κ1) is 31.9. The van der Waals surface area contributed by atoms with E-state index in [4.69, 9.17) is 24.6 Å². The zero-order valence-corrected chi connectivity index (χ0v) is 22.1. The van der Waals surface area contributed by atoms with Crippen LogP contribution in [0.15, 0.2) is 49.6 Å². The fraction of sp³-hybridized carbons (Fsp3) is 0.500. The molecule has 3 atom stereocenters. The number of carbonyl (C=O) groups is 3. The van der Waals surface area contributed by atoms with Crippen LogP contribution in [0.2, 0.25) is 5.82 Å². The molecule has 0 aromatic heterocycles. The second-order valence-corrected chi connectivity index (χ2v) is 8.78. The highest BCUT2D eigenvalue weighted by atomic mass is 16.5. The Morgan fingerprint density at radius 3 is 2.24 bits per heavy atom. The molecule has 11 heteroatoms. The lowest BCUT2D eigenvalue weighted by Gasteiger charge is -2.25. The van der Waals surface area contributed by atoms with Gasteiger partial charge in [-0.3, -0.25) is 9.59 Å². The third kappa shape index (κ3) is 12.6. The first-order chi connectivity index (χ1) is 17.7. The van der Waals surface area contributed by atoms with Gasteiger partial charge in [-0.05, 0) is 36.5 Å². The number of amides is 2. The molecule has 4 N–H and O–H groups in total. The summed E-state index contributed by atoms with van der Waals surface area (Å²) < 4.78 is 21.0. The Labute approximate surface area is 220 Å². The summed E-state index contributed by atoms with van der Waals surface area (Å²) >= 11 is 0. The maximum absolute atomic E-state index is 13.3. The Morgan fingerprint density at radius 1 is 1.03 bits per heavy atom. The molecular formula is C26H40BN3O7. The molecule has 0 unspecified atom stereocenters. The number of rotatable bonds is 19. The summed E-state index contributed by atoms with van der Waals surface area (Å²) in [7, 11) is 1.30. The van der Waals surface area contributed by atoms with Crippen molar-refractivity contribution in [2.24, 2.45) is 11.7 Å². The predicted octanol–water partition coefficient (Wildman–Crippen LogP) is 1.26. The van der Waals surface area contributed by atoms with Crippen molar-refractivity contribution in [3.8, 4) is 5.75 Å². The van der Waals surface area contributed by atoms with Crippen LogP contribution < -0.4 is 21.1 Å². The molecular weight excluding hydrogens is 477 g/mol. The average Bonchev–Trinajstić information content (AvgIpc) is 2.88. The zero-order valence-electron chi connectivity index (χ0n) is 22.1. The summed E-state index contributed by atoms with van der Waals surface area (Å²) in [5.41, 5.74) is 6.38. The summed E-state index contributed by atoms with van der Waals surface area (Å²) in [6.07, 6.45) is 3.91. The summed E-state index contributed by atoms with van der Waals surface area (Å²) in [6, 6.07) is 5.45. The quantitative estimate of drug-likeness (QED) is 0.0820. The van der Waals surface area contributed by atoms with Crippen molar-refractivity contribution in [3.05, 3.63) is 55.1 Å². The summed E-state index contributed by atoms with van der Waals surface area (Å²) in [5.74, 6) is -1.35. The van der Waals surface area contributed by atoms with Gasteiger partial charge in [-0.1, -0.05) is 44.7 Å². The molecule has 204 valence electrons. The molecule has 1 aromatic carbocycles. The number of ether oxygens (including phenoxy) is 3. The maximum Gasteiger partial charge on any atom is 0.330 e. The van der Waals surface area contributed by atoms with Gasteiger partial charge in [-0.2, -0.15) is 0 Å². The van der Waals surface area contributed by atoms with E-state index in [1.54, 1.807) is 6.08 Å². The number of hydrogen-bond donors (Lipinski definition) is 3. The van der Waals surface area contributed by atoms with Gasteiger partial charge < -0.3 is 35.2 Å². The minimum Gasteiger partial charge on any atom is -0.490 e. The van der Waals surface area contributed by atoms with Crippen LogP contribution >= 0.6 is 0 Å². The predicted molar refractivity (Wildman–Crippen MR) is 143 cm³/mol. The highest BCUT2D eigenvalue weighted by Gasteiger charge is 2.30. The normalized spacial score (nSPS) is 13.1.